The molecule has 0 aromatic heterocycles. The zero-order valence-corrected chi connectivity index (χ0v) is 43.1. The van der Waals surface area contributed by atoms with Crippen LogP contribution in [0.2, 0.25) is 5.02 Å². The Bertz CT molecular complexity index is 2080. The van der Waals surface area contributed by atoms with Crippen LogP contribution in [-0.2, 0) is 70.1 Å². The van der Waals surface area contributed by atoms with E-state index in [9.17, 15) is 24.0 Å². The van der Waals surface area contributed by atoms with Crippen molar-refractivity contribution in [2.24, 2.45) is 17.3 Å². The highest BCUT2D eigenvalue weighted by molar-refractivity contribution is 6.32. The number of ether oxygens (including phenoxy) is 8. The van der Waals surface area contributed by atoms with Crippen LogP contribution in [0.1, 0.15) is 76.7 Å². The number of rotatable bonds is 24. The van der Waals surface area contributed by atoms with E-state index in [1.807, 2.05) is 20.8 Å². The fourth-order valence-electron chi connectivity index (χ4n) is 8.18. The van der Waals surface area contributed by atoms with Crippen molar-refractivity contribution in [3.63, 3.8) is 0 Å². The summed E-state index contributed by atoms with van der Waals surface area (Å²) in [5.74, 6) is -2.52. The van der Waals surface area contributed by atoms with E-state index in [2.05, 4.69) is 51.3 Å². The Morgan fingerprint density at radius 2 is 1.56 bits per heavy atom. The fourth-order valence-corrected chi connectivity index (χ4v) is 8.46. The molecule has 3 aliphatic heterocycles. The molecule has 2 amide bonds. The fraction of sp³-hybridized carbons (Fsp3) is 0.604. The van der Waals surface area contributed by atoms with E-state index in [4.69, 9.17) is 49.5 Å². The highest BCUT2D eigenvalue weighted by atomic mass is 35.5. The second-order valence-electron chi connectivity index (χ2n) is 19.3. The van der Waals surface area contributed by atoms with Crippen molar-refractivity contribution >= 4 is 41.3 Å². The Hall–Kier alpha value is -4.88. The molecular formula is C53H75ClN4O13. The first-order chi connectivity index (χ1) is 34.1. The molecule has 2 aromatic carbocycles. The molecule has 0 radical (unpaired) electrons. The smallest absolute Gasteiger partial charge is 0.347 e. The van der Waals surface area contributed by atoms with Crippen LogP contribution in [-0.4, -0.2) is 157 Å². The summed E-state index contributed by atoms with van der Waals surface area (Å²) >= 11 is 6.38. The zero-order valence-electron chi connectivity index (χ0n) is 42.3. The summed E-state index contributed by atoms with van der Waals surface area (Å²) in [6, 6.07) is 12.6. The van der Waals surface area contributed by atoms with Crippen LogP contribution < -0.4 is 15.4 Å². The highest BCUT2D eigenvalue weighted by Gasteiger charge is 2.48. The van der Waals surface area contributed by atoms with Crippen molar-refractivity contribution in [2.75, 3.05) is 92.6 Å². The number of carbonyl (C=O) groups excluding carboxylic acids is 5. The van der Waals surface area contributed by atoms with Gasteiger partial charge in [0.1, 0.15) is 30.6 Å². The molecule has 0 bridgehead atoms. The van der Waals surface area contributed by atoms with Gasteiger partial charge in [-0.15, -0.1) is 0 Å². The lowest BCUT2D eigenvalue weighted by Gasteiger charge is -2.34. The number of methoxy groups -OCH3 is 1. The molecule has 2 N–H and O–H groups in total. The van der Waals surface area contributed by atoms with Crippen molar-refractivity contribution in [2.45, 2.75) is 97.3 Å². The topological polar surface area (TPSA) is 193 Å². The lowest BCUT2D eigenvalue weighted by atomic mass is 9.92. The van der Waals surface area contributed by atoms with Gasteiger partial charge in [-0.25, -0.2) is 4.79 Å². The molecule has 1 unspecified atom stereocenters. The second-order valence-corrected chi connectivity index (χ2v) is 19.7. The zero-order chi connectivity index (χ0) is 51.3. The van der Waals surface area contributed by atoms with Crippen LogP contribution >= 0.6 is 11.6 Å². The maximum absolute atomic E-state index is 13.9. The maximum atomic E-state index is 13.9. The number of nitrogens with one attached hydrogen (secondary N) is 2. The summed E-state index contributed by atoms with van der Waals surface area (Å²) in [5, 5.41) is 5.95. The number of carbonyl (C=O) groups is 5. The van der Waals surface area contributed by atoms with Crippen LogP contribution in [0.15, 0.2) is 67.3 Å². The summed E-state index contributed by atoms with van der Waals surface area (Å²) in [6.07, 6.45) is 2.79. The summed E-state index contributed by atoms with van der Waals surface area (Å²) in [5.41, 5.74) is 1.67. The summed E-state index contributed by atoms with van der Waals surface area (Å²) in [7, 11) is 1.51. The molecule has 0 saturated carbocycles. The van der Waals surface area contributed by atoms with Gasteiger partial charge in [0.05, 0.1) is 69.7 Å². The normalized spacial score (nSPS) is 23.5. The SMILES string of the molecule is C=CCOC(=O)CCOCCOCCOCCN1CCN(Cc2ccc([C@H]3OC3[C@@H](C)[C@@H]3C/C=C/C(=O)N[C@H](Cc4ccc(OC)c(Cl)c4)C(=O)NCC(C)(C)C(=O)O[C@@H](CC(C)C)C(=O)O3)cc2)CC1. The molecule has 71 heavy (non-hydrogen) atoms. The van der Waals surface area contributed by atoms with E-state index in [0.717, 1.165) is 44.8 Å². The van der Waals surface area contributed by atoms with Gasteiger partial charge in [0.25, 0.3) is 0 Å². The van der Waals surface area contributed by atoms with Crippen molar-refractivity contribution in [1.82, 2.24) is 20.4 Å². The molecule has 392 valence electrons. The van der Waals surface area contributed by atoms with Gasteiger partial charge in [0.2, 0.25) is 11.8 Å². The van der Waals surface area contributed by atoms with Gasteiger partial charge in [-0.1, -0.05) is 81.4 Å². The third-order valence-electron chi connectivity index (χ3n) is 12.6. The molecular weight excluding hydrogens is 936 g/mol. The molecule has 3 aliphatic rings. The first kappa shape index (κ1) is 57.0. The average Bonchev–Trinajstić information content (AvgIpc) is 4.15. The molecule has 17 nitrogen and oxygen atoms in total. The third kappa shape index (κ3) is 19.2. The molecule has 5 rings (SSSR count). The number of hydrogen-bond donors (Lipinski definition) is 2. The lowest BCUT2D eigenvalue weighted by Crippen LogP contribution is -2.51. The lowest BCUT2D eigenvalue weighted by molar-refractivity contribution is -0.179. The van der Waals surface area contributed by atoms with Gasteiger partial charge in [0, 0.05) is 64.6 Å². The minimum atomic E-state index is -1.23. The van der Waals surface area contributed by atoms with Crippen LogP contribution in [0.25, 0.3) is 0 Å². The first-order valence-corrected chi connectivity index (χ1v) is 25.1. The van der Waals surface area contributed by atoms with Crippen LogP contribution in [0.4, 0.5) is 0 Å². The van der Waals surface area contributed by atoms with Crippen molar-refractivity contribution in [3.05, 3.63) is 89.0 Å². The van der Waals surface area contributed by atoms with Gasteiger partial charge >= 0.3 is 17.9 Å². The third-order valence-corrected chi connectivity index (χ3v) is 12.9. The number of hydrogen-bond acceptors (Lipinski definition) is 15. The van der Waals surface area contributed by atoms with Crippen molar-refractivity contribution < 1.29 is 61.9 Å². The molecule has 0 spiro atoms. The number of nitrogens with zero attached hydrogens (tertiary/aromatic N) is 2. The van der Waals surface area contributed by atoms with Crippen molar-refractivity contribution in [1.29, 1.82) is 0 Å². The molecule has 2 aromatic rings. The minimum Gasteiger partial charge on any atom is -0.495 e. The van der Waals surface area contributed by atoms with Crippen molar-refractivity contribution in [3.8, 4) is 5.75 Å². The Morgan fingerprint density at radius 1 is 0.901 bits per heavy atom. The summed E-state index contributed by atoms with van der Waals surface area (Å²) in [4.78, 5) is 70.9. The van der Waals surface area contributed by atoms with Gasteiger partial charge in [-0.05, 0) is 61.1 Å². The average molecular weight is 1010 g/mol. The van der Waals surface area contributed by atoms with E-state index in [1.54, 1.807) is 38.1 Å². The largest absolute Gasteiger partial charge is 0.495 e. The van der Waals surface area contributed by atoms with Crippen LogP contribution in [0.5, 0.6) is 5.75 Å². The molecule has 6 atom stereocenters. The standard InChI is InChI=1S/C53H75ClN4O13/c1-8-24-68-47(60)18-25-65-27-29-67-30-28-66-26-23-57-19-21-58(22-20-57)34-38-12-15-40(16-13-38)49-48(71-49)37(4)43-10-9-11-46(59)56-42(33-39-14-17-44(64-7)41(54)32-39)50(61)55-35-53(5,6)52(63)70-45(31-36(2)3)51(62)69-43/h8-9,11-17,32,36-37,42-43,45,48-49H,1,10,18-31,33-35H2,2-7H3,(H,55,61)(H,56,59)/b11-9+/t37-,42+,43-,45-,48?,49+/m0/s1. The summed E-state index contributed by atoms with van der Waals surface area (Å²) < 4.78 is 45.2. The van der Waals surface area contributed by atoms with Crippen LogP contribution in [0.3, 0.4) is 0 Å². The number of halogens is 1. The van der Waals surface area contributed by atoms with Crippen LogP contribution in [0, 0.1) is 17.3 Å². The number of esters is 3. The quantitative estimate of drug-likeness (QED) is 0.0446. The number of cyclic esters (lactones) is 2. The number of epoxide rings is 1. The Morgan fingerprint density at radius 3 is 2.23 bits per heavy atom. The first-order valence-electron chi connectivity index (χ1n) is 24.7. The number of piperazine rings is 1. The number of amides is 2. The molecule has 0 aliphatic carbocycles. The van der Waals surface area contributed by atoms with E-state index in [0.29, 0.717) is 56.0 Å². The maximum Gasteiger partial charge on any atom is 0.347 e. The van der Waals surface area contributed by atoms with Gasteiger partial charge in [0.15, 0.2) is 6.10 Å². The number of benzene rings is 2. The van der Waals surface area contributed by atoms with E-state index < -0.39 is 47.4 Å². The second kappa shape index (κ2) is 29.0. The monoisotopic (exact) mass is 1010 g/mol. The van der Waals surface area contributed by atoms with Gasteiger partial charge in [-0.3, -0.25) is 29.0 Å². The molecule has 2 fully saturated rings. The molecule has 3 heterocycles. The Labute approximate surface area is 424 Å². The summed E-state index contributed by atoms with van der Waals surface area (Å²) in [6.45, 7) is 20.9. The van der Waals surface area contributed by atoms with Gasteiger partial charge < -0.3 is 48.5 Å². The molecule has 2 saturated heterocycles. The predicted octanol–water partition coefficient (Wildman–Crippen LogP) is 5.41. The minimum absolute atomic E-state index is 0.00836. The van der Waals surface area contributed by atoms with E-state index >= 15 is 0 Å². The molecule has 18 heteroatoms. The predicted molar refractivity (Wildman–Crippen MR) is 267 cm³/mol. The van der Waals surface area contributed by atoms with E-state index in [1.165, 1.54) is 24.8 Å². The van der Waals surface area contributed by atoms with E-state index in [-0.39, 0.29) is 68.8 Å². The highest BCUT2D eigenvalue weighted by Crippen LogP contribution is 2.45. The Balaban J connectivity index is 1.11. The van der Waals surface area contributed by atoms with Gasteiger partial charge in [-0.2, -0.15) is 0 Å². The Kier molecular flexibility index (Phi) is 23.3.